The average Bonchev–Trinajstić information content (AvgIpc) is 3.20. The fourth-order valence-corrected chi connectivity index (χ4v) is 7.38. The molecule has 0 spiro atoms. The van der Waals surface area contributed by atoms with E-state index in [1.165, 1.54) is 60.1 Å². The smallest absolute Gasteiger partial charge is 0.0462 e. The summed E-state index contributed by atoms with van der Waals surface area (Å²) in [5.41, 5.74) is 10.7. The van der Waals surface area contributed by atoms with Crippen LogP contribution in [0.2, 0.25) is 0 Å². The van der Waals surface area contributed by atoms with Crippen molar-refractivity contribution in [3.63, 3.8) is 0 Å². The van der Waals surface area contributed by atoms with Crippen molar-refractivity contribution in [1.29, 1.82) is 0 Å². The van der Waals surface area contributed by atoms with Gasteiger partial charge in [0.15, 0.2) is 0 Å². The number of benzene rings is 9. The molecule has 0 bridgehead atoms. The van der Waals surface area contributed by atoms with Gasteiger partial charge in [-0.15, -0.1) is 0 Å². The summed E-state index contributed by atoms with van der Waals surface area (Å²) in [5.74, 6) is 0. The van der Waals surface area contributed by atoms with Crippen LogP contribution in [-0.4, -0.2) is 0 Å². The molecule has 1 heteroatoms. The Kier molecular flexibility index (Phi) is 7.92. The Balaban J connectivity index is 1.04. The van der Waals surface area contributed by atoms with E-state index in [2.05, 4.69) is 217 Å². The Morgan fingerprint density at radius 1 is 0.294 bits per heavy atom. The van der Waals surface area contributed by atoms with Gasteiger partial charge in [-0.2, -0.15) is 0 Å². The lowest BCUT2D eigenvalue weighted by atomic mass is 9.85. The van der Waals surface area contributed by atoms with Gasteiger partial charge in [-0.05, 0) is 108 Å². The van der Waals surface area contributed by atoms with Gasteiger partial charge in [0.05, 0.1) is 0 Å². The number of hydrogen-bond donors (Lipinski definition) is 0. The van der Waals surface area contributed by atoms with Gasteiger partial charge < -0.3 is 4.90 Å². The zero-order valence-electron chi connectivity index (χ0n) is 28.2. The third-order valence-electron chi connectivity index (χ3n) is 9.82. The number of nitrogens with zero attached hydrogens (tertiary/aromatic N) is 1. The van der Waals surface area contributed by atoms with E-state index < -0.39 is 0 Å². The first-order chi connectivity index (χ1) is 25.3. The van der Waals surface area contributed by atoms with E-state index >= 15 is 0 Å². The molecular weight excluding hydrogens is 615 g/mol. The first kappa shape index (κ1) is 30.4. The van der Waals surface area contributed by atoms with E-state index in [9.17, 15) is 0 Å². The Bertz CT molecular complexity index is 2560. The molecule has 1 nitrogen and oxygen atoms in total. The second kappa shape index (κ2) is 13.3. The predicted octanol–water partition coefficient (Wildman–Crippen LogP) is 14.1. The SMILES string of the molecule is C(=C\c1ccc(N(c2ccccc2)c2ccccc2)cc1)/c1ccc(-c2c3ccccc3c(-c3ccc4ccccc4c3)c3ccccc23)cc1. The molecule has 9 aromatic rings. The van der Waals surface area contributed by atoms with Gasteiger partial charge in [0.2, 0.25) is 0 Å². The summed E-state index contributed by atoms with van der Waals surface area (Å²) in [7, 11) is 0. The van der Waals surface area contributed by atoms with Crippen molar-refractivity contribution in [3.8, 4) is 22.3 Å². The molecule has 0 aromatic heterocycles. The summed E-state index contributed by atoms with van der Waals surface area (Å²) in [6.07, 6.45) is 4.39. The minimum Gasteiger partial charge on any atom is -0.311 e. The highest BCUT2D eigenvalue weighted by atomic mass is 15.1. The molecule has 0 atom stereocenters. The summed E-state index contributed by atoms with van der Waals surface area (Å²) in [6.45, 7) is 0. The maximum atomic E-state index is 2.33. The number of rotatable bonds is 7. The Morgan fingerprint density at radius 3 is 1.22 bits per heavy atom. The van der Waals surface area contributed by atoms with Crippen LogP contribution in [0.3, 0.4) is 0 Å². The highest BCUT2D eigenvalue weighted by molar-refractivity contribution is 6.21. The first-order valence-corrected chi connectivity index (χ1v) is 17.5. The lowest BCUT2D eigenvalue weighted by Gasteiger charge is -2.25. The standard InChI is InChI=1S/C50H35N/c1-3-15-42(16-4-1)51(43-17-5-2-6-18-43)44-33-27-37(28-34-44)24-23-36-25-29-39(30-26-36)49-45-19-9-11-21-47(45)50(48-22-12-10-20-46(48)49)41-32-31-38-13-7-8-14-40(38)35-41/h1-35H/b24-23+. The zero-order chi connectivity index (χ0) is 34.0. The summed E-state index contributed by atoms with van der Waals surface area (Å²) in [6, 6.07) is 72.0. The van der Waals surface area contributed by atoms with E-state index in [-0.39, 0.29) is 0 Å². The van der Waals surface area contributed by atoms with Crippen molar-refractivity contribution < 1.29 is 0 Å². The highest BCUT2D eigenvalue weighted by Crippen LogP contribution is 2.44. The molecule has 0 amide bonds. The van der Waals surface area contributed by atoms with E-state index in [1.807, 2.05) is 0 Å². The molecule has 9 rings (SSSR count). The van der Waals surface area contributed by atoms with E-state index in [4.69, 9.17) is 0 Å². The lowest BCUT2D eigenvalue weighted by molar-refractivity contribution is 1.28. The van der Waals surface area contributed by atoms with Gasteiger partial charge in [-0.25, -0.2) is 0 Å². The minimum atomic E-state index is 1.12. The highest BCUT2D eigenvalue weighted by Gasteiger charge is 2.17. The molecule has 0 radical (unpaired) electrons. The third-order valence-corrected chi connectivity index (χ3v) is 9.82. The molecule has 0 aliphatic heterocycles. The molecule has 240 valence electrons. The van der Waals surface area contributed by atoms with Crippen LogP contribution in [0.15, 0.2) is 200 Å². The largest absolute Gasteiger partial charge is 0.311 e. The van der Waals surface area contributed by atoms with E-state index in [0.29, 0.717) is 0 Å². The van der Waals surface area contributed by atoms with Crippen LogP contribution in [0.4, 0.5) is 17.1 Å². The molecule has 0 N–H and O–H groups in total. The summed E-state index contributed by atoms with van der Waals surface area (Å²) < 4.78 is 0. The second-order valence-electron chi connectivity index (χ2n) is 13.0. The lowest BCUT2D eigenvalue weighted by Crippen LogP contribution is -2.09. The van der Waals surface area contributed by atoms with Crippen LogP contribution in [0.5, 0.6) is 0 Å². The summed E-state index contributed by atoms with van der Waals surface area (Å²) >= 11 is 0. The maximum absolute atomic E-state index is 2.33. The quantitative estimate of drug-likeness (QED) is 0.123. The zero-order valence-corrected chi connectivity index (χ0v) is 28.2. The topological polar surface area (TPSA) is 3.24 Å². The van der Waals surface area contributed by atoms with Crippen molar-refractivity contribution in [3.05, 3.63) is 211 Å². The third kappa shape index (κ3) is 5.86. The van der Waals surface area contributed by atoms with Crippen LogP contribution < -0.4 is 4.90 Å². The van der Waals surface area contributed by atoms with Crippen LogP contribution in [0, 0.1) is 0 Å². The van der Waals surface area contributed by atoms with E-state index in [1.54, 1.807) is 0 Å². The molecule has 0 saturated heterocycles. The molecule has 0 heterocycles. The van der Waals surface area contributed by atoms with Gasteiger partial charge in [-0.3, -0.25) is 0 Å². The number of para-hydroxylation sites is 2. The molecule has 9 aromatic carbocycles. The first-order valence-electron chi connectivity index (χ1n) is 17.5. The minimum absolute atomic E-state index is 1.12. The fraction of sp³-hybridized carbons (Fsp3) is 0. The maximum Gasteiger partial charge on any atom is 0.0462 e. The Labute approximate surface area is 299 Å². The van der Waals surface area contributed by atoms with Crippen LogP contribution >= 0.6 is 0 Å². The summed E-state index contributed by atoms with van der Waals surface area (Å²) in [5, 5.41) is 7.59. The van der Waals surface area contributed by atoms with Gasteiger partial charge in [-0.1, -0.05) is 170 Å². The molecule has 51 heavy (non-hydrogen) atoms. The fourth-order valence-electron chi connectivity index (χ4n) is 7.38. The van der Waals surface area contributed by atoms with Gasteiger partial charge >= 0.3 is 0 Å². The second-order valence-corrected chi connectivity index (χ2v) is 13.0. The van der Waals surface area contributed by atoms with Crippen molar-refractivity contribution >= 4 is 61.5 Å². The van der Waals surface area contributed by atoms with Gasteiger partial charge in [0, 0.05) is 17.1 Å². The van der Waals surface area contributed by atoms with Crippen LogP contribution in [-0.2, 0) is 0 Å². The predicted molar refractivity (Wildman–Crippen MR) is 220 cm³/mol. The molecule has 0 aliphatic carbocycles. The summed E-state index contributed by atoms with van der Waals surface area (Å²) in [4.78, 5) is 2.29. The van der Waals surface area contributed by atoms with E-state index in [0.717, 1.165) is 22.6 Å². The molecule has 0 fully saturated rings. The molecule has 0 saturated carbocycles. The van der Waals surface area contributed by atoms with Gasteiger partial charge in [0.25, 0.3) is 0 Å². The van der Waals surface area contributed by atoms with Gasteiger partial charge in [0.1, 0.15) is 0 Å². The Hall–Kier alpha value is -6.70. The van der Waals surface area contributed by atoms with Crippen LogP contribution in [0.25, 0.3) is 66.7 Å². The Morgan fingerprint density at radius 2 is 0.686 bits per heavy atom. The van der Waals surface area contributed by atoms with Crippen LogP contribution in [0.1, 0.15) is 11.1 Å². The number of anilines is 3. The normalized spacial score (nSPS) is 11.5. The van der Waals surface area contributed by atoms with Crippen molar-refractivity contribution in [1.82, 2.24) is 0 Å². The molecular formula is C50H35N. The van der Waals surface area contributed by atoms with Crippen molar-refractivity contribution in [2.75, 3.05) is 4.90 Å². The monoisotopic (exact) mass is 649 g/mol. The number of fused-ring (bicyclic) bond motifs is 3. The van der Waals surface area contributed by atoms with Crippen molar-refractivity contribution in [2.45, 2.75) is 0 Å². The van der Waals surface area contributed by atoms with Crippen molar-refractivity contribution in [2.24, 2.45) is 0 Å². The number of hydrogen-bond acceptors (Lipinski definition) is 1. The molecule has 0 aliphatic rings. The molecule has 0 unspecified atom stereocenters. The average molecular weight is 650 g/mol.